The number of rotatable bonds is 4. The van der Waals surface area contributed by atoms with Gasteiger partial charge >= 0.3 is 0 Å². The van der Waals surface area contributed by atoms with Gasteiger partial charge in [0.05, 0.1) is 7.11 Å². The van der Waals surface area contributed by atoms with Crippen LogP contribution in [0.2, 0.25) is 0 Å². The number of benzene rings is 1. The number of aryl methyl sites for hydroxylation is 2. The van der Waals surface area contributed by atoms with Crippen LogP contribution in [0.1, 0.15) is 36.8 Å². The molecular formula is C16H25NO. The lowest BCUT2D eigenvalue weighted by atomic mass is 9.96. The summed E-state index contributed by atoms with van der Waals surface area (Å²) in [4.78, 5) is 2.52. The lowest BCUT2D eigenvalue weighted by Gasteiger charge is -2.32. The summed E-state index contributed by atoms with van der Waals surface area (Å²) in [7, 11) is 4.01. The molecule has 1 heterocycles. The first-order valence-corrected chi connectivity index (χ1v) is 7.04. The first-order valence-electron chi connectivity index (χ1n) is 7.04. The fourth-order valence-corrected chi connectivity index (χ4v) is 2.86. The van der Waals surface area contributed by atoms with Gasteiger partial charge in [-0.1, -0.05) is 18.6 Å². The van der Waals surface area contributed by atoms with E-state index < -0.39 is 0 Å². The summed E-state index contributed by atoms with van der Waals surface area (Å²) in [5, 5.41) is 0. The molecule has 18 heavy (non-hydrogen) atoms. The summed E-state index contributed by atoms with van der Waals surface area (Å²) in [6.07, 6.45) is 6.55. The van der Waals surface area contributed by atoms with E-state index in [4.69, 9.17) is 4.74 Å². The Balaban J connectivity index is 1.93. The van der Waals surface area contributed by atoms with Crippen molar-refractivity contribution in [1.82, 2.24) is 4.90 Å². The smallest absolute Gasteiger partial charge is 0.122 e. The Morgan fingerprint density at radius 1 is 1.33 bits per heavy atom. The number of hydrogen-bond acceptors (Lipinski definition) is 2. The van der Waals surface area contributed by atoms with Gasteiger partial charge in [-0.25, -0.2) is 0 Å². The van der Waals surface area contributed by atoms with E-state index in [9.17, 15) is 0 Å². The third-order valence-corrected chi connectivity index (χ3v) is 4.16. The van der Waals surface area contributed by atoms with Crippen molar-refractivity contribution in [3.63, 3.8) is 0 Å². The van der Waals surface area contributed by atoms with E-state index >= 15 is 0 Å². The molecule has 0 amide bonds. The number of ether oxygens (including phenoxy) is 1. The van der Waals surface area contributed by atoms with Crippen molar-refractivity contribution in [1.29, 1.82) is 0 Å². The Morgan fingerprint density at radius 2 is 2.17 bits per heavy atom. The molecular weight excluding hydrogens is 222 g/mol. The highest BCUT2D eigenvalue weighted by Crippen LogP contribution is 2.23. The van der Waals surface area contributed by atoms with E-state index in [0.29, 0.717) is 0 Å². The maximum absolute atomic E-state index is 5.39. The van der Waals surface area contributed by atoms with Gasteiger partial charge in [0.1, 0.15) is 5.75 Å². The predicted octanol–water partition coefficient (Wildman–Crippen LogP) is 3.42. The zero-order valence-electron chi connectivity index (χ0n) is 11.9. The first-order chi connectivity index (χ1) is 8.70. The van der Waals surface area contributed by atoms with E-state index in [1.165, 1.54) is 43.4 Å². The molecule has 1 aromatic rings. The molecule has 1 aliphatic rings. The number of piperidine rings is 1. The van der Waals surface area contributed by atoms with Crippen LogP contribution in [0.3, 0.4) is 0 Å². The Hall–Kier alpha value is -1.02. The fourth-order valence-electron chi connectivity index (χ4n) is 2.86. The second-order valence-electron chi connectivity index (χ2n) is 5.47. The van der Waals surface area contributed by atoms with Gasteiger partial charge in [0.25, 0.3) is 0 Å². The molecule has 100 valence electrons. The summed E-state index contributed by atoms with van der Waals surface area (Å²) in [5.74, 6) is 1.02. The quantitative estimate of drug-likeness (QED) is 0.808. The second-order valence-corrected chi connectivity index (χ2v) is 5.47. The molecule has 0 aliphatic carbocycles. The topological polar surface area (TPSA) is 12.5 Å². The summed E-state index contributed by atoms with van der Waals surface area (Å²) < 4.78 is 5.39. The largest absolute Gasteiger partial charge is 0.496 e. The third-order valence-electron chi connectivity index (χ3n) is 4.16. The Bertz CT molecular complexity index is 389. The molecule has 0 bridgehead atoms. The SMILES string of the molecule is COc1cc(CCC2CCCCN2C)ccc1C. The lowest BCUT2D eigenvalue weighted by Crippen LogP contribution is -2.36. The summed E-state index contributed by atoms with van der Waals surface area (Å²) in [5.41, 5.74) is 2.62. The molecule has 1 saturated heterocycles. The minimum Gasteiger partial charge on any atom is -0.496 e. The molecule has 1 unspecified atom stereocenters. The van der Waals surface area contributed by atoms with Crippen LogP contribution in [0.4, 0.5) is 0 Å². The molecule has 1 aromatic carbocycles. The maximum Gasteiger partial charge on any atom is 0.122 e. The van der Waals surface area contributed by atoms with Crippen LogP contribution < -0.4 is 4.74 Å². The minimum absolute atomic E-state index is 0.769. The molecule has 0 saturated carbocycles. The highest BCUT2D eigenvalue weighted by Gasteiger charge is 2.18. The van der Waals surface area contributed by atoms with Crippen molar-refractivity contribution >= 4 is 0 Å². The number of nitrogens with zero attached hydrogens (tertiary/aromatic N) is 1. The van der Waals surface area contributed by atoms with E-state index in [1.807, 2.05) is 0 Å². The van der Waals surface area contributed by atoms with Gasteiger partial charge in [0.2, 0.25) is 0 Å². The van der Waals surface area contributed by atoms with Gasteiger partial charge in [-0.2, -0.15) is 0 Å². The molecule has 0 N–H and O–H groups in total. The van der Waals surface area contributed by atoms with Crippen molar-refractivity contribution in [2.45, 2.75) is 45.1 Å². The molecule has 2 rings (SSSR count). The van der Waals surface area contributed by atoms with E-state index in [-0.39, 0.29) is 0 Å². The summed E-state index contributed by atoms with van der Waals surface area (Å²) in [6.45, 7) is 3.36. The van der Waals surface area contributed by atoms with Gasteiger partial charge in [0.15, 0.2) is 0 Å². The lowest BCUT2D eigenvalue weighted by molar-refractivity contribution is 0.176. The van der Waals surface area contributed by atoms with Gasteiger partial charge in [0, 0.05) is 6.04 Å². The molecule has 1 aliphatic heterocycles. The molecule has 0 aromatic heterocycles. The molecule has 1 atom stereocenters. The fraction of sp³-hybridized carbons (Fsp3) is 0.625. The van der Waals surface area contributed by atoms with Crippen molar-refractivity contribution in [3.8, 4) is 5.75 Å². The second kappa shape index (κ2) is 6.24. The van der Waals surface area contributed by atoms with E-state index in [0.717, 1.165) is 18.2 Å². The molecule has 1 fully saturated rings. The highest BCUT2D eigenvalue weighted by atomic mass is 16.5. The van der Waals surface area contributed by atoms with Crippen LogP contribution in [-0.4, -0.2) is 31.6 Å². The highest BCUT2D eigenvalue weighted by molar-refractivity contribution is 5.36. The predicted molar refractivity (Wildman–Crippen MR) is 76.3 cm³/mol. The minimum atomic E-state index is 0.769. The zero-order valence-corrected chi connectivity index (χ0v) is 11.9. The van der Waals surface area contributed by atoms with Gasteiger partial charge < -0.3 is 9.64 Å². The average Bonchev–Trinajstić information content (AvgIpc) is 2.39. The van der Waals surface area contributed by atoms with E-state index in [2.05, 4.69) is 37.1 Å². The van der Waals surface area contributed by atoms with Crippen molar-refractivity contribution < 1.29 is 4.74 Å². The van der Waals surface area contributed by atoms with E-state index in [1.54, 1.807) is 7.11 Å². The van der Waals surface area contributed by atoms with Crippen LogP contribution in [0, 0.1) is 6.92 Å². The molecule has 2 nitrogen and oxygen atoms in total. The number of likely N-dealkylation sites (tertiary alicyclic amines) is 1. The zero-order chi connectivity index (χ0) is 13.0. The van der Waals surface area contributed by atoms with Gasteiger partial charge in [-0.3, -0.25) is 0 Å². The monoisotopic (exact) mass is 247 g/mol. The van der Waals surface area contributed by atoms with Gasteiger partial charge in [-0.05, 0) is 63.4 Å². The molecule has 0 radical (unpaired) electrons. The third kappa shape index (κ3) is 3.26. The standard InChI is InChI=1S/C16H25NO/c1-13-7-8-14(12-16(13)18-3)9-10-15-6-4-5-11-17(15)2/h7-8,12,15H,4-6,9-11H2,1-3H3. The molecule has 2 heteroatoms. The normalized spacial score (nSPS) is 20.9. The van der Waals surface area contributed by atoms with Crippen LogP contribution >= 0.6 is 0 Å². The van der Waals surface area contributed by atoms with Crippen LogP contribution in [0.5, 0.6) is 5.75 Å². The van der Waals surface area contributed by atoms with Crippen molar-refractivity contribution in [2.75, 3.05) is 20.7 Å². The molecule has 0 spiro atoms. The number of hydrogen-bond donors (Lipinski definition) is 0. The van der Waals surface area contributed by atoms with Crippen LogP contribution in [-0.2, 0) is 6.42 Å². The van der Waals surface area contributed by atoms with Crippen molar-refractivity contribution in [3.05, 3.63) is 29.3 Å². The maximum atomic E-state index is 5.39. The van der Waals surface area contributed by atoms with Gasteiger partial charge in [-0.15, -0.1) is 0 Å². The van der Waals surface area contributed by atoms with Crippen LogP contribution in [0.15, 0.2) is 18.2 Å². The van der Waals surface area contributed by atoms with Crippen LogP contribution in [0.25, 0.3) is 0 Å². The van der Waals surface area contributed by atoms with Crippen molar-refractivity contribution in [2.24, 2.45) is 0 Å². The Kier molecular flexibility index (Phi) is 4.65. The average molecular weight is 247 g/mol. The first kappa shape index (κ1) is 13.4. The number of methoxy groups -OCH3 is 1. The summed E-state index contributed by atoms with van der Waals surface area (Å²) >= 11 is 0. The Labute approximate surface area is 111 Å². The summed E-state index contributed by atoms with van der Waals surface area (Å²) in [6, 6.07) is 7.36. The Morgan fingerprint density at radius 3 is 2.89 bits per heavy atom.